The number of carbonyl (C=O) groups is 1. The van der Waals surface area contributed by atoms with Crippen LogP contribution in [0.5, 0.6) is 0 Å². The standard InChI is InChI=1S/C25H33N5O2.HI/c1-19(31)28-22-10-8-20(9-11-22)12-13-27-25(26-2)30-17-23-24(18-30)32-15-14-29(23)16-21-6-4-3-5-7-21;/h3-11,23-24H,12-18H2,1-2H3,(H,26,27)(H,28,31);1H. The minimum atomic E-state index is -0.0549. The Morgan fingerprint density at radius 2 is 1.85 bits per heavy atom. The minimum absolute atomic E-state index is 0. The maximum absolute atomic E-state index is 11.2. The van der Waals surface area contributed by atoms with E-state index < -0.39 is 0 Å². The number of carbonyl (C=O) groups excluding carboxylic acids is 1. The summed E-state index contributed by atoms with van der Waals surface area (Å²) in [6.07, 6.45) is 1.10. The van der Waals surface area contributed by atoms with Crippen LogP contribution in [0.25, 0.3) is 0 Å². The van der Waals surface area contributed by atoms with Gasteiger partial charge in [0.2, 0.25) is 5.91 Å². The van der Waals surface area contributed by atoms with Crippen LogP contribution in [0.3, 0.4) is 0 Å². The predicted octanol–water partition coefficient (Wildman–Crippen LogP) is 2.97. The number of guanidine groups is 1. The van der Waals surface area contributed by atoms with Crippen LogP contribution in [0.2, 0.25) is 0 Å². The summed E-state index contributed by atoms with van der Waals surface area (Å²) in [4.78, 5) is 20.6. The molecule has 0 bridgehead atoms. The number of nitrogens with zero attached hydrogens (tertiary/aromatic N) is 3. The zero-order valence-corrected chi connectivity index (χ0v) is 21.7. The zero-order chi connectivity index (χ0) is 22.3. The second kappa shape index (κ2) is 12.3. The largest absolute Gasteiger partial charge is 0.373 e. The monoisotopic (exact) mass is 563 g/mol. The van der Waals surface area contributed by atoms with E-state index in [4.69, 9.17) is 4.74 Å². The average Bonchev–Trinajstić information content (AvgIpc) is 3.23. The summed E-state index contributed by atoms with van der Waals surface area (Å²) in [6, 6.07) is 19.0. The topological polar surface area (TPSA) is 69.2 Å². The van der Waals surface area contributed by atoms with Gasteiger partial charge in [0.05, 0.1) is 18.8 Å². The van der Waals surface area contributed by atoms with Gasteiger partial charge in [0.25, 0.3) is 0 Å². The fourth-order valence-corrected chi connectivity index (χ4v) is 4.55. The van der Waals surface area contributed by atoms with Gasteiger partial charge in [-0.1, -0.05) is 42.5 Å². The summed E-state index contributed by atoms with van der Waals surface area (Å²) < 4.78 is 6.11. The van der Waals surface area contributed by atoms with Gasteiger partial charge < -0.3 is 20.3 Å². The number of ether oxygens (including phenoxy) is 1. The first-order valence-corrected chi connectivity index (χ1v) is 11.3. The lowest BCUT2D eigenvalue weighted by Gasteiger charge is -2.36. The van der Waals surface area contributed by atoms with Crippen LogP contribution >= 0.6 is 24.0 Å². The highest BCUT2D eigenvalue weighted by Gasteiger charge is 2.41. The lowest BCUT2D eigenvalue weighted by atomic mass is 10.1. The molecule has 2 aliphatic rings. The molecule has 33 heavy (non-hydrogen) atoms. The molecule has 7 nitrogen and oxygen atoms in total. The van der Waals surface area contributed by atoms with Crippen LogP contribution in [-0.2, 0) is 22.5 Å². The summed E-state index contributed by atoms with van der Waals surface area (Å²) in [7, 11) is 1.84. The number of halogens is 1. The minimum Gasteiger partial charge on any atom is -0.373 e. The summed E-state index contributed by atoms with van der Waals surface area (Å²) >= 11 is 0. The van der Waals surface area contributed by atoms with Crippen molar-refractivity contribution in [1.82, 2.24) is 15.1 Å². The van der Waals surface area contributed by atoms with Crippen LogP contribution in [0.4, 0.5) is 5.69 Å². The molecule has 2 N–H and O–H groups in total. The molecule has 4 rings (SSSR count). The van der Waals surface area contributed by atoms with E-state index in [1.165, 1.54) is 18.1 Å². The Labute approximate surface area is 213 Å². The first-order chi connectivity index (χ1) is 15.6. The molecule has 0 aliphatic carbocycles. The molecule has 1 amide bonds. The molecule has 0 spiro atoms. The van der Waals surface area contributed by atoms with Gasteiger partial charge in [-0.15, -0.1) is 24.0 Å². The Kier molecular flexibility index (Phi) is 9.52. The molecule has 0 radical (unpaired) electrons. The van der Waals surface area contributed by atoms with Gasteiger partial charge in [0.1, 0.15) is 0 Å². The van der Waals surface area contributed by atoms with Gasteiger partial charge in [0, 0.05) is 52.4 Å². The molecular formula is C25H34IN5O2. The van der Waals surface area contributed by atoms with Gasteiger partial charge in [0.15, 0.2) is 5.96 Å². The molecule has 2 saturated heterocycles. The van der Waals surface area contributed by atoms with Crippen LogP contribution in [0.1, 0.15) is 18.1 Å². The SMILES string of the molecule is CN=C(NCCc1ccc(NC(C)=O)cc1)N1CC2OCCN(Cc3ccccc3)C2C1.I. The summed E-state index contributed by atoms with van der Waals surface area (Å²) in [5, 5.41) is 6.31. The van der Waals surface area contributed by atoms with Crippen LogP contribution < -0.4 is 10.6 Å². The molecule has 2 aromatic rings. The van der Waals surface area contributed by atoms with E-state index in [0.29, 0.717) is 6.04 Å². The van der Waals surface area contributed by atoms with Crippen molar-refractivity contribution in [3.63, 3.8) is 0 Å². The lowest BCUT2D eigenvalue weighted by Crippen LogP contribution is -2.50. The number of fused-ring (bicyclic) bond motifs is 1. The van der Waals surface area contributed by atoms with E-state index in [2.05, 4.69) is 67.9 Å². The summed E-state index contributed by atoms with van der Waals surface area (Å²) in [6.45, 7) is 6.80. The van der Waals surface area contributed by atoms with Gasteiger partial charge in [-0.25, -0.2) is 0 Å². The quantitative estimate of drug-likeness (QED) is 0.322. The number of amides is 1. The van der Waals surface area contributed by atoms with Crippen molar-refractivity contribution in [3.05, 3.63) is 65.7 Å². The molecule has 2 aromatic carbocycles. The van der Waals surface area contributed by atoms with Crippen molar-refractivity contribution in [1.29, 1.82) is 0 Å². The number of rotatable bonds is 6. The Hall–Kier alpha value is -2.17. The second-order valence-corrected chi connectivity index (χ2v) is 8.44. The summed E-state index contributed by atoms with van der Waals surface area (Å²) in [5.74, 6) is 0.873. The Bertz CT molecular complexity index is 922. The van der Waals surface area contributed by atoms with Crippen LogP contribution in [-0.4, -0.2) is 73.6 Å². The zero-order valence-electron chi connectivity index (χ0n) is 19.4. The number of morpholine rings is 1. The molecule has 2 atom stereocenters. The van der Waals surface area contributed by atoms with Crippen molar-refractivity contribution >= 4 is 41.5 Å². The maximum Gasteiger partial charge on any atom is 0.221 e. The Balaban J connectivity index is 0.00000306. The van der Waals surface area contributed by atoms with Crippen molar-refractivity contribution in [2.75, 3.05) is 45.2 Å². The molecule has 2 unspecified atom stereocenters. The normalized spacial score (nSPS) is 20.7. The Morgan fingerprint density at radius 3 is 2.55 bits per heavy atom. The Morgan fingerprint density at radius 1 is 1.09 bits per heavy atom. The van der Waals surface area contributed by atoms with E-state index in [0.717, 1.165) is 57.4 Å². The molecule has 2 aliphatic heterocycles. The van der Waals surface area contributed by atoms with Gasteiger partial charge in [-0.3, -0.25) is 14.7 Å². The van der Waals surface area contributed by atoms with E-state index in [-0.39, 0.29) is 36.0 Å². The fraction of sp³-hybridized carbons (Fsp3) is 0.440. The predicted molar refractivity (Wildman–Crippen MR) is 143 cm³/mol. The third-order valence-electron chi connectivity index (χ3n) is 6.13. The molecule has 178 valence electrons. The third kappa shape index (κ3) is 6.91. The highest BCUT2D eigenvalue weighted by Crippen LogP contribution is 2.24. The van der Waals surface area contributed by atoms with Crippen LogP contribution in [0.15, 0.2) is 59.6 Å². The lowest BCUT2D eigenvalue weighted by molar-refractivity contribution is -0.114. The molecule has 2 fully saturated rings. The highest BCUT2D eigenvalue weighted by molar-refractivity contribution is 14.0. The van der Waals surface area contributed by atoms with Crippen LogP contribution in [0, 0.1) is 0 Å². The van der Waals surface area contributed by atoms with Crippen molar-refractivity contribution in [3.8, 4) is 0 Å². The molecule has 0 saturated carbocycles. The number of hydrogen-bond acceptors (Lipinski definition) is 4. The maximum atomic E-state index is 11.2. The van der Waals surface area contributed by atoms with Crippen molar-refractivity contribution < 1.29 is 9.53 Å². The second-order valence-electron chi connectivity index (χ2n) is 8.44. The summed E-state index contributed by atoms with van der Waals surface area (Å²) in [5.41, 5.74) is 3.39. The molecule has 0 aromatic heterocycles. The number of nitrogens with one attached hydrogen (secondary N) is 2. The number of aliphatic imine (C=N–C) groups is 1. The van der Waals surface area contributed by atoms with E-state index in [1.54, 1.807) is 0 Å². The number of benzene rings is 2. The van der Waals surface area contributed by atoms with Gasteiger partial charge in [-0.2, -0.15) is 0 Å². The third-order valence-corrected chi connectivity index (χ3v) is 6.13. The van der Waals surface area contributed by atoms with Gasteiger partial charge >= 0.3 is 0 Å². The number of likely N-dealkylation sites (tertiary alicyclic amines) is 1. The molecule has 8 heteroatoms. The number of hydrogen-bond donors (Lipinski definition) is 2. The van der Waals surface area contributed by atoms with Crippen molar-refractivity contribution in [2.45, 2.75) is 32.0 Å². The fourth-order valence-electron chi connectivity index (χ4n) is 4.55. The van der Waals surface area contributed by atoms with Gasteiger partial charge in [-0.05, 0) is 29.7 Å². The van der Waals surface area contributed by atoms with E-state index in [1.807, 2.05) is 19.2 Å². The highest BCUT2D eigenvalue weighted by atomic mass is 127. The van der Waals surface area contributed by atoms with Crippen molar-refractivity contribution in [2.24, 2.45) is 4.99 Å². The first kappa shape index (κ1) is 25.5. The number of anilines is 1. The first-order valence-electron chi connectivity index (χ1n) is 11.3. The smallest absolute Gasteiger partial charge is 0.221 e. The average molecular weight is 563 g/mol. The van der Waals surface area contributed by atoms with E-state index in [9.17, 15) is 4.79 Å². The van der Waals surface area contributed by atoms with E-state index >= 15 is 0 Å². The molecular weight excluding hydrogens is 529 g/mol. The molecule has 2 heterocycles.